The molecule has 1 unspecified atom stereocenters. The molecule has 6 heteroatoms. The van der Waals surface area contributed by atoms with Crippen LogP contribution in [-0.2, 0) is 19.9 Å². The molecule has 0 spiro atoms. The molecule has 0 saturated heterocycles. The van der Waals surface area contributed by atoms with E-state index in [1.165, 1.54) is 5.69 Å². The van der Waals surface area contributed by atoms with Gasteiger partial charge >= 0.3 is 0 Å². The molecule has 0 fully saturated rings. The first-order chi connectivity index (χ1) is 10.1. The average molecular weight is 371 g/mol. The maximum atomic E-state index is 4.66. The molecule has 21 heavy (non-hydrogen) atoms. The fourth-order valence-corrected chi connectivity index (χ4v) is 3.82. The first-order valence-corrected chi connectivity index (χ1v) is 9.09. The van der Waals surface area contributed by atoms with E-state index in [1.807, 2.05) is 11.7 Å². The van der Waals surface area contributed by atoms with Crippen molar-refractivity contribution in [3.05, 3.63) is 31.9 Å². The lowest BCUT2D eigenvalue weighted by atomic mass is 10.1. The highest BCUT2D eigenvalue weighted by molar-refractivity contribution is 9.10. The quantitative estimate of drug-likeness (QED) is 0.805. The van der Waals surface area contributed by atoms with Crippen LogP contribution in [0.1, 0.15) is 48.4 Å². The molecule has 0 bridgehead atoms. The molecule has 0 aliphatic carbocycles. The summed E-state index contributed by atoms with van der Waals surface area (Å²) < 4.78 is 3.13. The Morgan fingerprint density at radius 3 is 2.71 bits per heavy atom. The minimum Gasteiger partial charge on any atom is -0.308 e. The SMILES string of the molecule is CCCNC(Cc1c(Br)c(CC)nn1C)c1csc(C)n1. The normalized spacial score (nSPS) is 12.8. The van der Waals surface area contributed by atoms with Crippen molar-refractivity contribution in [2.75, 3.05) is 6.54 Å². The molecule has 116 valence electrons. The average Bonchev–Trinajstić information content (AvgIpc) is 3.00. The maximum Gasteiger partial charge on any atom is 0.0898 e. The van der Waals surface area contributed by atoms with Gasteiger partial charge in [-0.1, -0.05) is 13.8 Å². The highest BCUT2D eigenvalue weighted by Gasteiger charge is 2.20. The molecule has 2 heterocycles. The summed E-state index contributed by atoms with van der Waals surface area (Å²) in [5.41, 5.74) is 3.49. The zero-order valence-electron chi connectivity index (χ0n) is 13.1. The van der Waals surface area contributed by atoms with Crippen LogP contribution in [0.15, 0.2) is 9.85 Å². The van der Waals surface area contributed by atoms with Gasteiger partial charge in [0.15, 0.2) is 0 Å². The van der Waals surface area contributed by atoms with Crippen LogP contribution in [-0.4, -0.2) is 21.3 Å². The lowest BCUT2D eigenvalue weighted by molar-refractivity contribution is 0.502. The maximum absolute atomic E-state index is 4.66. The van der Waals surface area contributed by atoms with Gasteiger partial charge in [0.1, 0.15) is 0 Å². The van der Waals surface area contributed by atoms with Crippen molar-refractivity contribution >= 4 is 27.3 Å². The zero-order chi connectivity index (χ0) is 15.4. The Kier molecular flexibility index (Phi) is 5.96. The monoisotopic (exact) mass is 370 g/mol. The Hall–Kier alpha value is -0.720. The van der Waals surface area contributed by atoms with Gasteiger partial charge in [-0.3, -0.25) is 4.68 Å². The van der Waals surface area contributed by atoms with E-state index in [-0.39, 0.29) is 6.04 Å². The molecule has 0 radical (unpaired) electrons. The number of rotatable bonds is 7. The van der Waals surface area contributed by atoms with Gasteiger partial charge in [-0.05, 0) is 42.2 Å². The lowest BCUT2D eigenvalue weighted by Crippen LogP contribution is -2.25. The van der Waals surface area contributed by atoms with Crippen LogP contribution in [0.25, 0.3) is 0 Å². The van der Waals surface area contributed by atoms with E-state index in [2.05, 4.69) is 57.5 Å². The molecular formula is C15H23BrN4S. The third kappa shape index (κ3) is 3.93. The molecule has 0 saturated carbocycles. The Bertz CT molecular complexity index is 591. The van der Waals surface area contributed by atoms with E-state index in [1.54, 1.807) is 11.3 Å². The van der Waals surface area contributed by atoms with Crippen molar-refractivity contribution in [2.24, 2.45) is 7.05 Å². The van der Waals surface area contributed by atoms with Crippen LogP contribution in [0, 0.1) is 6.92 Å². The summed E-state index contributed by atoms with van der Waals surface area (Å²) in [6.07, 6.45) is 2.96. The van der Waals surface area contributed by atoms with Gasteiger partial charge in [-0.2, -0.15) is 5.10 Å². The van der Waals surface area contributed by atoms with Crippen LogP contribution >= 0.6 is 27.3 Å². The Morgan fingerprint density at radius 2 is 2.19 bits per heavy atom. The van der Waals surface area contributed by atoms with Crippen molar-refractivity contribution in [2.45, 2.75) is 46.1 Å². The zero-order valence-corrected chi connectivity index (χ0v) is 15.5. The largest absolute Gasteiger partial charge is 0.308 e. The number of hydrogen-bond acceptors (Lipinski definition) is 4. The molecule has 2 rings (SSSR count). The van der Waals surface area contributed by atoms with E-state index < -0.39 is 0 Å². The summed E-state index contributed by atoms with van der Waals surface area (Å²) in [6, 6.07) is 0.242. The summed E-state index contributed by atoms with van der Waals surface area (Å²) in [6.45, 7) is 7.37. The van der Waals surface area contributed by atoms with E-state index in [9.17, 15) is 0 Å². The van der Waals surface area contributed by atoms with Gasteiger partial charge < -0.3 is 5.32 Å². The standard InChI is InChI=1S/C15H23BrN4S/c1-5-7-17-12(13-9-21-10(3)18-13)8-14-15(16)11(6-2)19-20(14)4/h9,12,17H,5-8H2,1-4H3. The Balaban J connectivity index is 2.24. The molecule has 1 N–H and O–H groups in total. The second-order valence-corrected chi connectivity index (χ2v) is 7.04. The number of hydrogen-bond donors (Lipinski definition) is 1. The van der Waals surface area contributed by atoms with Crippen molar-refractivity contribution in [1.82, 2.24) is 20.1 Å². The first-order valence-electron chi connectivity index (χ1n) is 7.42. The fourth-order valence-electron chi connectivity index (χ4n) is 2.38. The van der Waals surface area contributed by atoms with Gasteiger partial charge in [0.25, 0.3) is 0 Å². The lowest BCUT2D eigenvalue weighted by Gasteiger charge is -2.17. The molecule has 2 aromatic rings. The molecule has 0 aliphatic rings. The van der Waals surface area contributed by atoms with E-state index in [4.69, 9.17) is 0 Å². The van der Waals surface area contributed by atoms with E-state index >= 15 is 0 Å². The summed E-state index contributed by atoms with van der Waals surface area (Å²) in [4.78, 5) is 4.66. The number of halogens is 1. The third-order valence-electron chi connectivity index (χ3n) is 3.53. The van der Waals surface area contributed by atoms with Crippen LogP contribution in [0.3, 0.4) is 0 Å². The smallest absolute Gasteiger partial charge is 0.0898 e. The van der Waals surface area contributed by atoms with Crippen LogP contribution < -0.4 is 5.32 Å². The highest BCUT2D eigenvalue weighted by Crippen LogP contribution is 2.27. The van der Waals surface area contributed by atoms with E-state index in [0.717, 1.165) is 46.7 Å². The highest BCUT2D eigenvalue weighted by atomic mass is 79.9. The summed E-state index contributed by atoms with van der Waals surface area (Å²) in [5.74, 6) is 0. The van der Waals surface area contributed by atoms with Crippen molar-refractivity contribution < 1.29 is 0 Å². The van der Waals surface area contributed by atoms with E-state index in [0.29, 0.717) is 0 Å². The molecule has 0 amide bonds. The van der Waals surface area contributed by atoms with Crippen LogP contribution in [0.2, 0.25) is 0 Å². The third-order valence-corrected chi connectivity index (χ3v) is 5.24. The van der Waals surface area contributed by atoms with Crippen molar-refractivity contribution in [3.63, 3.8) is 0 Å². The predicted molar refractivity (Wildman–Crippen MR) is 91.9 cm³/mol. The molecule has 4 nitrogen and oxygen atoms in total. The summed E-state index contributed by atoms with van der Waals surface area (Å²) in [5, 5.41) is 11.5. The second kappa shape index (κ2) is 7.51. The molecule has 0 aromatic carbocycles. The number of aryl methyl sites for hydroxylation is 3. The van der Waals surface area contributed by atoms with Gasteiger partial charge in [0.2, 0.25) is 0 Å². The number of nitrogens with one attached hydrogen (secondary N) is 1. The van der Waals surface area contributed by atoms with Gasteiger partial charge in [0.05, 0.1) is 32.6 Å². The molecule has 1 atom stereocenters. The second-order valence-electron chi connectivity index (χ2n) is 5.19. The van der Waals surface area contributed by atoms with Gasteiger partial charge in [-0.25, -0.2) is 4.98 Å². The summed E-state index contributed by atoms with van der Waals surface area (Å²) >= 11 is 5.42. The summed E-state index contributed by atoms with van der Waals surface area (Å²) in [7, 11) is 2.02. The molecule has 2 aromatic heterocycles. The molecular weight excluding hydrogens is 348 g/mol. The minimum atomic E-state index is 0.242. The number of thiazole rings is 1. The van der Waals surface area contributed by atoms with Crippen LogP contribution in [0.5, 0.6) is 0 Å². The number of nitrogens with zero attached hydrogens (tertiary/aromatic N) is 3. The molecule has 0 aliphatic heterocycles. The fraction of sp³-hybridized carbons (Fsp3) is 0.600. The van der Waals surface area contributed by atoms with Crippen molar-refractivity contribution in [3.8, 4) is 0 Å². The topological polar surface area (TPSA) is 42.7 Å². The van der Waals surface area contributed by atoms with Gasteiger partial charge in [-0.15, -0.1) is 11.3 Å². The van der Waals surface area contributed by atoms with Gasteiger partial charge in [0, 0.05) is 18.8 Å². The predicted octanol–water partition coefficient (Wildman–Crippen LogP) is 3.79. The van der Waals surface area contributed by atoms with Crippen LogP contribution in [0.4, 0.5) is 0 Å². The first kappa shape index (κ1) is 16.6. The Morgan fingerprint density at radius 1 is 1.43 bits per heavy atom. The van der Waals surface area contributed by atoms with Crippen molar-refractivity contribution in [1.29, 1.82) is 0 Å². The Labute approximate surface area is 139 Å². The minimum absolute atomic E-state index is 0.242. The number of aromatic nitrogens is 3.